The molecule has 30 heavy (non-hydrogen) atoms. The van der Waals surface area contributed by atoms with Crippen molar-refractivity contribution >= 4 is 22.6 Å². The van der Waals surface area contributed by atoms with Gasteiger partial charge in [-0.05, 0) is 45.1 Å². The molecule has 0 aliphatic heterocycles. The molecule has 1 aromatic heterocycles. The molecule has 8 nitrogen and oxygen atoms in total. The van der Waals surface area contributed by atoms with E-state index in [2.05, 4.69) is 16.5 Å². The number of carbonyl (C=O) groups is 2. The highest BCUT2D eigenvalue weighted by atomic mass is 16.5. The van der Waals surface area contributed by atoms with Crippen LogP contribution < -0.4 is 10.9 Å². The Hall–Kier alpha value is -3.00. The Kier molecular flexibility index (Phi) is 7.35. The lowest BCUT2D eigenvalue weighted by Crippen LogP contribution is -2.37. The van der Waals surface area contributed by atoms with Crippen LogP contribution in [0.5, 0.6) is 0 Å². The van der Waals surface area contributed by atoms with Crippen molar-refractivity contribution in [2.45, 2.75) is 51.7 Å². The molecule has 1 amide bonds. The summed E-state index contributed by atoms with van der Waals surface area (Å²) in [6.45, 7) is 1.65. The summed E-state index contributed by atoms with van der Waals surface area (Å²) in [6, 6.07) is 6.55. The van der Waals surface area contributed by atoms with Crippen molar-refractivity contribution in [1.82, 2.24) is 15.1 Å². The van der Waals surface area contributed by atoms with Crippen LogP contribution in [0.2, 0.25) is 0 Å². The van der Waals surface area contributed by atoms with Crippen LogP contribution in [0.4, 0.5) is 0 Å². The molecule has 3 rings (SSSR count). The minimum absolute atomic E-state index is 0.0458. The normalized spacial score (nSPS) is 14.8. The van der Waals surface area contributed by atoms with Gasteiger partial charge in [0.2, 0.25) is 0 Å². The van der Waals surface area contributed by atoms with Crippen molar-refractivity contribution in [2.24, 2.45) is 0 Å². The van der Waals surface area contributed by atoms with Crippen LogP contribution >= 0.6 is 0 Å². The predicted molar refractivity (Wildman–Crippen MR) is 112 cm³/mol. The molecule has 2 aromatic rings. The fourth-order valence-electron chi connectivity index (χ4n) is 3.52. The number of esters is 1. The number of fused-ring (bicyclic) bond motifs is 1. The molecule has 8 heteroatoms. The van der Waals surface area contributed by atoms with Crippen molar-refractivity contribution in [3.63, 3.8) is 0 Å². The molecule has 0 unspecified atom stereocenters. The van der Waals surface area contributed by atoms with Gasteiger partial charge in [0, 0.05) is 11.9 Å². The van der Waals surface area contributed by atoms with Gasteiger partial charge in [-0.2, -0.15) is 5.10 Å². The first kappa shape index (κ1) is 21.7. The number of amides is 1. The van der Waals surface area contributed by atoms with Crippen LogP contribution in [0.15, 0.2) is 40.7 Å². The minimum Gasteiger partial charge on any atom is -0.448 e. The molecule has 0 bridgehead atoms. The number of aliphatic hydroxyl groups is 1. The zero-order chi connectivity index (χ0) is 21.5. The number of allylic oxidation sites excluding steroid dienone is 1. The van der Waals surface area contributed by atoms with E-state index in [4.69, 9.17) is 9.84 Å². The number of carbonyl (C=O) groups excluding carboxylic acids is 2. The van der Waals surface area contributed by atoms with Crippen molar-refractivity contribution in [3.8, 4) is 0 Å². The highest BCUT2D eigenvalue weighted by Gasteiger charge is 2.23. The second kappa shape index (κ2) is 10.2. The number of ether oxygens (including phenoxy) is 1. The molecular formula is C22H27N3O5. The Morgan fingerprint density at radius 2 is 2.03 bits per heavy atom. The number of rotatable bonds is 8. The average Bonchev–Trinajstić information content (AvgIpc) is 2.76. The van der Waals surface area contributed by atoms with E-state index in [1.54, 1.807) is 24.3 Å². The summed E-state index contributed by atoms with van der Waals surface area (Å²) >= 11 is 0. The molecule has 0 fully saturated rings. The summed E-state index contributed by atoms with van der Waals surface area (Å²) in [5.41, 5.74) is 0.887. The zero-order valence-corrected chi connectivity index (χ0v) is 17.1. The van der Waals surface area contributed by atoms with E-state index in [1.807, 2.05) is 0 Å². The second-order valence-electron chi connectivity index (χ2n) is 7.34. The van der Waals surface area contributed by atoms with Crippen LogP contribution in [0.3, 0.4) is 0 Å². The van der Waals surface area contributed by atoms with Gasteiger partial charge in [-0.1, -0.05) is 29.8 Å². The van der Waals surface area contributed by atoms with Gasteiger partial charge < -0.3 is 15.2 Å². The third kappa shape index (κ3) is 5.13. The molecule has 2 N–H and O–H groups in total. The lowest BCUT2D eigenvalue weighted by Gasteiger charge is -2.16. The molecule has 1 aliphatic rings. The van der Waals surface area contributed by atoms with Crippen LogP contribution in [0.1, 0.15) is 49.5 Å². The topological polar surface area (TPSA) is 111 Å². The first-order valence-corrected chi connectivity index (χ1v) is 10.3. The number of hydrogen-bond donors (Lipinski definition) is 2. The maximum Gasteiger partial charge on any atom is 0.360 e. The van der Waals surface area contributed by atoms with E-state index < -0.39 is 17.6 Å². The van der Waals surface area contributed by atoms with Crippen molar-refractivity contribution in [3.05, 3.63) is 52.0 Å². The summed E-state index contributed by atoms with van der Waals surface area (Å²) in [5.74, 6) is -1.18. The highest BCUT2D eigenvalue weighted by molar-refractivity contribution is 6.02. The maximum absolute atomic E-state index is 12.7. The van der Waals surface area contributed by atoms with Crippen LogP contribution in [-0.2, 0) is 16.1 Å². The van der Waals surface area contributed by atoms with E-state index in [9.17, 15) is 14.4 Å². The van der Waals surface area contributed by atoms with E-state index in [0.29, 0.717) is 17.3 Å². The fraction of sp³-hybridized carbons (Fsp3) is 0.455. The summed E-state index contributed by atoms with van der Waals surface area (Å²) in [7, 11) is 0. The van der Waals surface area contributed by atoms with E-state index in [1.165, 1.54) is 25.3 Å². The van der Waals surface area contributed by atoms with Gasteiger partial charge in [0.05, 0.1) is 18.5 Å². The first-order valence-electron chi connectivity index (χ1n) is 10.3. The molecule has 160 valence electrons. The summed E-state index contributed by atoms with van der Waals surface area (Å²) < 4.78 is 6.35. The van der Waals surface area contributed by atoms with Crippen molar-refractivity contribution < 1.29 is 19.4 Å². The molecule has 0 radical (unpaired) electrons. The van der Waals surface area contributed by atoms with Gasteiger partial charge in [0.25, 0.3) is 11.5 Å². The second-order valence-corrected chi connectivity index (χ2v) is 7.34. The number of hydrogen-bond acceptors (Lipinski definition) is 6. The minimum atomic E-state index is -1.00. The van der Waals surface area contributed by atoms with Gasteiger partial charge in [-0.3, -0.25) is 9.59 Å². The lowest BCUT2D eigenvalue weighted by molar-refractivity contribution is -0.129. The van der Waals surface area contributed by atoms with Gasteiger partial charge >= 0.3 is 5.97 Å². The average molecular weight is 413 g/mol. The van der Waals surface area contributed by atoms with Gasteiger partial charge in [-0.25, -0.2) is 9.48 Å². The quantitative estimate of drug-likeness (QED) is 0.505. The van der Waals surface area contributed by atoms with E-state index >= 15 is 0 Å². The Labute approximate surface area is 174 Å². The number of aliphatic hydroxyl groups excluding tert-OH is 1. The molecule has 0 saturated heterocycles. The Morgan fingerprint density at radius 1 is 1.27 bits per heavy atom. The molecule has 1 atom stereocenters. The van der Waals surface area contributed by atoms with Gasteiger partial charge in [0.1, 0.15) is 0 Å². The SMILES string of the molecule is C[C@@H](OC(=O)c1nn(CCO)c(=O)c2ccccc12)C(=O)NCCC1=CCCCC1. The van der Waals surface area contributed by atoms with Crippen LogP contribution in [-0.4, -0.2) is 46.0 Å². The number of benzene rings is 1. The molecule has 0 spiro atoms. The number of aromatic nitrogens is 2. The predicted octanol–water partition coefficient (Wildman–Crippen LogP) is 1.94. The Balaban J connectivity index is 1.68. The molecule has 1 heterocycles. The standard InChI is InChI=1S/C22H27N3O5/c1-15(20(27)23-12-11-16-7-3-2-4-8-16)30-22(29)19-17-9-5-6-10-18(17)21(28)25(24-19)13-14-26/h5-7,9-10,15,26H,2-4,8,11-14H2,1H3,(H,23,27)/t15-/m1/s1. The highest BCUT2D eigenvalue weighted by Crippen LogP contribution is 2.19. The Morgan fingerprint density at radius 3 is 2.73 bits per heavy atom. The van der Waals surface area contributed by atoms with Crippen molar-refractivity contribution in [2.75, 3.05) is 13.2 Å². The lowest BCUT2D eigenvalue weighted by atomic mass is 9.97. The number of nitrogens with one attached hydrogen (secondary N) is 1. The molecule has 0 saturated carbocycles. The first-order chi connectivity index (χ1) is 14.5. The van der Waals surface area contributed by atoms with Crippen molar-refractivity contribution in [1.29, 1.82) is 0 Å². The van der Waals surface area contributed by atoms with E-state index in [-0.39, 0.29) is 24.8 Å². The molecule has 1 aliphatic carbocycles. The monoisotopic (exact) mass is 413 g/mol. The molecule has 1 aromatic carbocycles. The fourth-order valence-corrected chi connectivity index (χ4v) is 3.52. The van der Waals surface area contributed by atoms with Gasteiger partial charge in [-0.15, -0.1) is 0 Å². The smallest absolute Gasteiger partial charge is 0.360 e. The largest absolute Gasteiger partial charge is 0.448 e. The number of nitrogens with zero attached hydrogens (tertiary/aromatic N) is 2. The van der Waals surface area contributed by atoms with Gasteiger partial charge in [0.15, 0.2) is 11.8 Å². The van der Waals surface area contributed by atoms with Crippen LogP contribution in [0.25, 0.3) is 10.8 Å². The Bertz CT molecular complexity index is 1010. The third-order valence-electron chi connectivity index (χ3n) is 5.16. The van der Waals surface area contributed by atoms with Crippen LogP contribution in [0, 0.1) is 0 Å². The maximum atomic E-state index is 12.7. The van der Waals surface area contributed by atoms with E-state index in [0.717, 1.165) is 23.9 Å². The summed E-state index contributed by atoms with van der Waals surface area (Å²) in [6.07, 6.45) is 6.60. The summed E-state index contributed by atoms with van der Waals surface area (Å²) in [4.78, 5) is 37.5. The third-order valence-corrected chi connectivity index (χ3v) is 5.16. The zero-order valence-electron chi connectivity index (χ0n) is 17.1. The summed E-state index contributed by atoms with van der Waals surface area (Å²) in [5, 5.41) is 16.7. The molecular weight excluding hydrogens is 386 g/mol.